The lowest BCUT2D eigenvalue weighted by Gasteiger charge is -2.24. The molecule has 2 atom stereocenters. The molecule has 0 fully saturated rings. The van der Waals surface area contributed by atoms with Crippen LogP contribution in [0.1, 0.15) is 52.2 Å². The zero-order valence-corrected chi connectivity index (χ0v) is 18.5. The fourth-order valence-corrected chi connectivity index (χ4v) is 4.24. The molecule has 4 rings (SSSR count). The number of fused-ring (bicyclic) bond motifs is 1. The van der Waals surface area contributed by atoms with E-state index in [1.165, 1.54) is 4.90 Å². The lowest BCUT2D eigenvalue weighted by molar-refractivity contribution is -0.122. The molecule has 1 aliphatic heterocycles. The zero-order chi connectivity index (χ0) is 24.1. The Morgan fingerprint density at radius 2 is 2.03 bits per heavy atom. The van der Waals surface area contributed by atoms with Crippen LogP contribution in [-0.2, 0) is 27.5 Å². The molecule has 1 heterocycles. The lowest BCUT2D eigenvalue weighted by Crippen LogP contribution is -2.44. The Morgan fingerprint density at radius 3 is 2.76 bits per heavy atom. The second-order valence-corrected chi connectivity index (χ2v) is 8.30. The molecule has 34 heavy (non-hydrogen) atoms. The van der Waals surface area contributed by atoms with Crippen molar-refractivity contribution in [3.05, 3.63) is 88.3 Å². The van der Waals surface area contributed by atoms with Crippen LogP contribution in [0.2, 0.25) is 0 Å². The van der Waals surface area contributed by atoms with E-state index >= 15 is 0 Å². The number of carbonyl (C=O) groups excluding carboxylic acids is 4. The summed E-state index contributed by atoms with van der Waals surface area (Å²) >= 11 is 0. The monoisotopic (exact) mass is 459 g/mol. The molecule has 0 spiro atoms. The highest BCUT2D eigenvalue weighted by atomic mass is 16.5. The van der Waals surface area contributed by atoms with Crippen LogP contribution in [0.25, 0.3) is 0 Å². The van der Waals surface area contributed by atoms with Gasteiger partial charge in [-0.2, -0.15) is 0 Å². The fraction of sp³-hybridized carbons (Fsp3) is 0.269. The maximum absolute atomic E-state index is 12.9. The van der Waals surface area contributed by atoms with Crippen LogP contribution in [0.3, 0.4) is 0 Å². The minimum absolute atomic E-state index is 0.0180. The van der Waals surface area contributed by atoms with E-state index in [2.05, 4.69) is 11.0 Å². The van der Waals surface area contributed by atoms with Crippen LogP contribution < -0.4 is 11.1 Å². The smallest absolute Gasteiger partial charge is 0.412 e. The predicted molar refractivity (Wildman–Crippen MR) is 123 cm³/mol. The summed E-state index contributed by atoms with van der Waals surface area (Å²) in [5, 5.41) is 2.72. The van der Waals surface area contributed by atoms with E-state index in [4.69, 9.17) is 10.5 Å². The van der Waals surface area contributed by atoms with E-state index in [0.717, 1.165) is 11.1 Å². The van der Waals surface area contributed by atoms with Gasteiger partial charge in [-0.1, -0.05) is 42.5 Å². The van der Waals surface area contributed by atoms with Gasteiger partial charge >= 0.3 is 6.09 Å². The van der Waals surface area contributed by atoms with Crippen molar-refractivity contribution in [2.75, 3.05) is 0 Å². The zero-order valence-electron chi connectivity index (χ0n) is 18.5. The maximum atomic E-state index is 12.9. The standard InChI is InChI=1S/C26H25N3O5/c27-24(31)23(7-4-12-30)29-15-20-9-8-17(13-22(20)25(29)32)16-34-26(33)28-21-11-10-19(14-21)18-5-2-1-3-6-18/h1-3,5-6,8-10,12-13,19,23H,4,7,14-16H2,(H2,27,31)(H,28,33)/t19-,23?/m1/s1. The van der Waals surface area contributed by atoms with Crippen molar-refractivity contribution in [2.24, 2.45) is 5.73 Å². The Labute approximate surface area is 197 Å². The Morgan fingerprint density at radius 1 is 1.24 bits per heavy atom. The third-order valence-corrected chi connectivity index (χ3v) is 6.00. The van der Waals surface area contributed by atoms with Gasteiger partial charge < -0.3 is 20.2 Å². The average molecular weight is 460 g/mol. The van der Waals surface area contributed by atoms with Gasteiger partial charge in [-0.15, -0.1) is 5.73 Å². The lowest BCUT2D eigenvalue weighted by atomic mass is 9.98. The molecule has 1 aliphatic carbocycles. The summed E-state index contributed by atoms with van der Waals surface area (Å²) in [5.41, 5.74) is 12.2. The fourth-order valence-electron chi connectivity index (χ4n) is 4.24. The molecule has 2 aliphatic rings. The van der Waals surface area contributed by atoms with Crippen molar-refractivity contribution in [1.82, 2.24) is 10.2 Å². The molecule has 0 aromatic heterocycles. The molecule has 8 heteroatoms. The van der Waals surface area contributed by atoms with Crippen LogP contribution in [0.15, 0.2) is 66.0 Å². The van der Waals surface area contributed by atoms with Gasteiger partial charge in [0, 0.05) is 30.9 Å². The number of nitrogens with zero attached hydrogens (tertiary/aromatic N) is 1. The summed E-state index contributed by atoms with van der Waals surface area (Å²) in [6.45, 7) is 0.223. The highest BCUT2D eigenvalue weighted by molar-refractivity contribution is 6.01. The molecule has 8 nitrogen and oxygen atoms in total. The third-order valence-electron chi connectivity index (χ3n) is 6.00. The first-order valence-electron chi connectivity index (χ1n) is 11.1. The van der Waals surface area contributed by atoms with E-state index in [1.807, 2.05) is 36.4 Å². The summed E-state index contributed by atoms with van der Waals surface area (Å²) in [7, 11) is 0. The number of amides is 3. The Hall–Kier alpha value is -4.16. The topological polar surface area (TPSA) is 119 Å². The highest BCUT2D eigenvalue weighted by Gasteiger charge is 2.35. The second kappa shape index (κ2) is 10.2. The van der Waals surface area contributed by atoms with Crippen LogP contribution in [0.5, 0.6) is 0 Å². The van der Waals surface area contributed by atoms with Gasteiger partial charge in [0.15, 0.2) is 0 Å². The normalized spacial score (nSPS) is 17.2. The number of allylic oxidation sites excluding steroid dienone is 1. The quantitative estimate of drug-likeness (QED) is 0.441. The van der Waals surface area contributed by atoms with Crippen LogP contribution in [-0.4, -0.2) is 35.1 Å². The SMILES string of the molecule is NC(=O)C(CCC=O)N1Cc2ccc(COC(=O)NC3=C=C[C@@H](c4ccccc4)C3)cc2C1=O. The summed E-state index contributed by atoms with van der Waals surface area (Å²) in [6, 6.07) is 14.3. The van der Waals surface area contributed by atoms with Gasteiger partial charge in [-0.05, 0) is 35.3 Å². The number of hydrogen-bond donors (Lipinski definition) is 2. The number of alkyl carbamates (subject to hydrolysis) is 1. The first-order valence-corrected chi connectivity index (χ1v) is 11.1. The summed E-state index contributed by atoms with van der Waals surface area (Å²) in [6.07, 6.45) is 2.98. The molecule has 0 saturated heterocycles. The Kier molecular flexibility index (Phi) is 6.90. The number of primary amides is 1. The predicted octanol–water partition coefficient (Wildman–Crippen LogP) is 2.93. The average Bonchev–Trinajstić information content (AvgIpc) is 3.43. The number of nitrogens with two attached hydrogens (primary N) is 1. The largest absolute Gasteiger partial charge is 0.444 e. The van der Waals surface area contributed by atoms with E-state index < -0.39 is 18.0 Å². The molecule has 2 aromatic carbocycles. The summed E-state index contributed by atoms with van der Waals surface area (Å²) < 4.78 is 5.33. The third kappa shape index (κ3) is 5.08. The van der Waals surface area contributed by atoms with Gasteiger partial charge in [-0.3, -0.25) is 14.9 Å². The number of rotatable bonds is 9. The van der Waals surface area contributed by atoms with Crippen molar-refractivity contribution in [2.45, 2.75) is 44.4 Å². The molecular formula is C26H25N3O5. The Balaban J connectivity index is 1.32. The first-order chi connectivity index (χ1) is 16.5. The molecule has 2 aromatic rings. The minimum atomic E-state index is -0.844. The number of benzene rings is 2. The number of nitrogens with one attached hydrogen (secondary N) is 1. The molecule has 3 amide bonds. The molecular weight excluding hydrogens is 434 g/mol. The van der Waals surface area contributed by atoms with Crippen molar-refractivity contribution in [1.29, 1.82) is 0 Å². The second-order valence-electron chi connectivity index (χ2n) is 8.30. The van der Waals surface area contributed by atoms with Gasteiger partial charge in [0.1, 0.15) is 18.9 Å². The number of hydrogen-bond acceptors (Lipinski definition) is 5. The first kappa shape index (κ1) is 23.0. The van der Waals surface area contributed by atoms with E-state index in [1.54, 1.807) is 18.2 Å². The number of carbonyl (C=O) groups is 4. The van der Waals surface area contributed by atoms with Crippen molar-refractivity contribution in [3.63, 3.8) is 0 Å². The van der Waals surface area contributed by atoms with Gasteiger partial charge in [0.25, 0.3) is 5.91 Å². The molecule has 0 radical (unpaired) electrons. The highest BCUT2D eigenvalue weighted by Crippen LogP contribution is 2.29. The molecule has 1 unspecified atom stereocenters. The van der Waals surface area contributed by atoms with Crippen LogP contribution >= 0.6 is 0 Å². The van der Waals surface area contributed by atoms with Gasteiger partial charge in [0.05, 0.1) is 5.70 Å². The van der Waals surface area contributed by atoms with E-state index in [9.17, 15) is 19.2 Å². The number of aldehydes is 1. The Bertz CT molecular complexity index is 1180. The maximum Gasteiger partial charge on any atom is 0.412 e. The molecule has 0 saturated carbocycles. The number of ether oxygens (including phenoxy) is 1. The van der Waals surface area contributed by atoms with Crippen molar-refractivity contribution in [3.8, 4) is 0 Å². The van der Waals surface area contributed by atoms with Crippen LogP contribution in [0.4, 0.5) is 4.79 Å². The van der Waals surface area contributed by atoms with E-state index in [-0.39, 0.29) is 37.8 Å². The summed E-state index contributed by atoms with van der Waals surface area (Å²) in [4.78, 5) is 49.0. The van der Waals surface area contributed by atoms with Crippen LogP contribution in [0, 0.1) is 0 Å². The van der Waals surface area contributed by atoms with Crippen molar-refractivity contribution >= 4 is 24.2 Å². The van der Waals surface area contributed by atoms with Gasteiger partial charge in [-0.25, -0.2) is 4.79 Å². The van der Waals surface area contributed by atoms with Crippen molar-refractivity contribution < 1.29 is 23.9 Å². The van der Waals surface area contributed by atoms with Gasteiger partial charge in [0.2, 0.25) is 5.91 Å². The molecule has 0 bridgehead atoms. The summed E-state index contributed by atoms with van der Waals surface area (Å²) in [5.74, 6) is -0.810. The minimum Gasteiger partial charge on any atom is -0.444 e. The molecule has 174 valence electrons. The van der Waals surface area contributed by atoms with E-state index in [0.29, 0.717) is 29.5 Å². The molecule has 3 N–H and O–H groups in total.